The molecule has 0 fully saturated rings. The lowest BCUT2D eigenvalue weighted by atomic mass is 9.93. The van der Waals surface area contributed by atoms with Gasteiger partial charge in [-0.15, -0.1) is 0 Å². The van der Waals surface area contributed by atoms with Crippen molar-refractivity contribution < 1.29 is 14.2 Å². The van der Waals surface area contributed by atoms with Crippen molar-refractivity contribution in [3.8, 4) is 50.6 Å². The van der Waals surface area contributed by atoms with Gasteiger partial charge >= 0.3 is 0 Å². The van der Waals surface area contributed by atoms with E-state index in [1.54, 1.807) is 0 Å². The molecule has 0 aliphatic carbocycles. The zero-order chi connectivity index (χ0) is 55.9. The molecule has 81 heavy (non-hydrogen) atoms. The number of aryl methyl sites for hydroxylation is 3. The van der Waals surface area contributed by atoms with Gasteiger partial charge in [-0.05, 0) is 217 Å². The fourth-order valence-corrected chi connectivity index (χ4v) is 10.3. The standard InChI is InChI=1S/C75H75N3O3/c1-7-10-43-79-73-28-16-25-70(52-73)76(67-22-13-19-55(4)46-67)64-37-31-58(32-38-64)61-49-62(59-33-39-65(40-34-59)77(68-23-14-20-56(5)47-68)71-26-17-29-74(53-71)80-44-11-8-2)51-63(50-61)60-35-41-66(42-36-60)78(69-24-15-21-57(6)48-69)72-27-18-30-75(54-72)81-45-12-9-3/h13-42,46-54H,7-12,43-45H2,1-6H3. The summed E-state index contributed by atoms with van der Waals surface area (Å²) in [5.74, 6) is 2.61. The van der Waals surface area contributed by atoms with E-state index in [0.717, 1.165) is 140 Å². The van der Waals surface area contributed by atoms with Gasteiger partial charge in [0, 0.05) is 69.4 Å². The van der Waals surface area contributed by atoms with Crippen LogP contribution in [0.4, 0.5) is 51.2 Å². The molecule has 0 spiro atoms. The minimum Gasteiger partial charge on any atom is -0.494 e. The number of unbranched alkanes of at least 4 members (excludes halogenated alkanes) is 3. The van der Waals surface area contributed by atoms with Gasteiger partial charge in [-0.2, -0.15) is 0 Å². The molecule has 0 unspecified atom stereocenters. The van der Waals surface area contributed by atoms with Crippen molar-refractivity contribution >= 4 is 51.2 Å². The highest BCUT2D eigenvalue weighted by Gasteiger charge is 2.19. The van der Waals surface area contributed by atoms with E-state index >= 15 is 0 Å². The maximum absolute atomic E-state index is 6.23. The molecule has 0 aliphatic rings. The Balaban J connectivity index is 1.05. The van der Waals surface area contributed by atoms with Gasteiger partial charge in [-0.3, -0.25) is 0 Å². The molecule has 10 aromatic carbocycles. The summed E-state index contributed by atoms with van der Waals surface area (Å²) in [5, 5.41) is 0. The lowest BCUT2D eigenvalue weighted by Crippen LogP contribution is -2.10. The Kier molecular flexibility index (Phi) is 18.3. The van der Waals surface area contributed by atoms with Gasteiger partial charge in [0.15, 0.2) is 0 Å². The van der Waals surface area contributed by atoms with Crippen LogP contribution >= 0.6 is 0 Å². The largest absolute Gasteiger partial charge is 0.494 e. The van der Waals surface area contributed by atoms with E-state index in [2.05, 4.69) is 293 Å². The maximum Gasteiger partial charge on any atom is 0.121 e. The summed E-state index contributed by atoms with van der Waals surface area (Å²) in [6.07, 6.45) is 6.30. The lowest BCUT2D eigenvalue weighted by molar-refractivity contribution is 0.309. The van der Waals surface area contributed by atoms with Crippen LogP contribution in [0.3, 0.4) is 0 Å². The van der Waals surface area contributed by atoms with Crippen LogP contribution in [-0.2, 0) is 0 Å². The highest BCUT2D eigenvalue weighted by atomic mass is 16.5. The summed E-state index contributed by atoms with van der Waals surface area (Å²) in [6.45, 7) is 15.1. The number of hydrogen-bond donors (Lipinski definition) is 0. The highest BCUT2D eigenvalue weighted by molar-refractivity contribution is 5.86. The van der Waals surface area contributed by atoms with Crippen molar-refractivity contribution in [1.29, 1.82) is 0 Å². The van der Waals surface area contributed by atoms with Crippen LogP contribution in [0.5, 0.6) is 17.2 Å². The topological polar surface area (TPSA) is 37.4 Å². The summed E-state index contributed by atoms with van der Waals surface area (Å²) < 4.78 is 18.7. The SMILES string of the molecule is CCCCOc1cccc(N(c2ccc(-c3cc(-c4ccc(N(c5cccc(C)c5)c5cccc(OCCCC)c5)cc4)cc(-c4ccc(N(c5cccc(C)c5)c5cccc(OCCCC)c5)cc4)c3)cc2)c2cccc(C)c2)c1. The van der Waals surface area contributed by atoms with Crippen molar-refractivity contribution in [1.82, 2.24) is 0 Å². The number of hydrogen-bond acceptors (Lipinski definition) is 6. The van der Waals surface area contributed by atoms with Crippen molar-refractivity contribution in [2.45, 2.75) is 80.1 Å². The first-order valence-corrected chi connectivity index (χ1v) is 29.0. The van der Waals surface area contributed by atoms with E-state index < -0.39 is 0 Å². The molecule has 10 rings (SSSR count). The van der Waals surface area contributed by atoms with Gasteiger partial charge in [0.25, 0.3) is 0 Å². The molecular weight excluding hydrogens is 991 g/mol. The van der Waals surface area contributed by atoms with Gasteiger partial charge in [0.05, 0.1) is 19.8 Å². The third-order valence-corrected chi connectivity index (χ3v) is 14.6. The molecule has 0 saturated heterocycles. The molecule has 0 atom stereocenters. The average Bonchev–Trinajstić information content (AvgIpc) is 3.50. The molecular formula is C75H75N3O3. The fourth-order valence-electron chi connectivity index (χ4n) is 10.3. The van der Waals surface area contributed by atoms with Crippen LogP contribution in [0.25, 0.3) is 33.4 Å². The van der Waals surface area contributed by atoms with E-state index in [1.807, 2.05) is 0 Å². The predicted octanol–water partition coefficient (Wildman–Crippen LogP) is 21.6. The second-order valence-corrected chi connectivity index (χ2v) is 21.1. The predicted molar refractivity (Wildman–Crippen MR) is 342 cm³/mol. The van der Waals surface area contributed by atoms with Gasteiger partial charge in [-0.1, -0.05) is 131 Å². The summed E-state index contributed by atoms with van der Waals surface area (Å²) in [6, 6.07) is 85.5. The second kappa shape index (κ2) is 26.8. The summed E-state index contributed by atoms with van der Waals surface area (Å²) >= 11 is 0. The van der Waals surface area contributed by atoms with E-state index in [9.17, 15) is 0 Å². The zero-order valence-electron chi connectivity index (χ0n) is 47.9. The van der Waals surface area contributed by atoms with E-state index in [4.69, 9.17) is 14.2 Å². The average molecular weight is 1070 g/mol. The Morgan fingerprint density at radius 3 is 0.741 bits per heavy atom. The number of ether oxygens (including phenoxy) is 3. The van der Waals surface area contributed by atoms with Crippen LogP contribution < -0.4 is 28.9 Å². The minimum atomic E-state index is 0.694. The first-order chi connectivity index (χ1) is 39.7. The Labute approximate surface area is 481 Å². The number of nitrogens with zero attached hydrogens (tertiary/aromatic N) is 3. The molecule has 0 bridgehead atoms. The van der Waals surface area contributed by atoms with Crippen LogP contribution in [-0.4, -0.2) is 19.8 Å². The molecule has 0 heterocycles. The molecule has 0 saturated carbocycles. The monoisotopic (exact) mass is 1070 g/mol. The molecule has 0 radical (unpaired) electrons. The number of rotatable bonds is 24. The number of anilines is 9. The third-order valence-electron chi connectivity index (χ3n) is 14.6. The molecule has 0 amide bonds. The normalized spacial score (nSPS) is 11.0. The van der Waals surface area contributed by atoms with E-state index in [-0.39, 0.29) is 0 Å². The Hall–Kier alpha value is -9.00. The minimum absolute atomic E-state index is 0.694. The van der Waals surface area contributed by atoms with E-state index in [1.165, 1.54) is 16.7 Å². The van der Waals surface area contributed by atoms with Crippen LogP contribution in [0.15, 0.2) is 237 Å². The zero-order valence-corrected chi connectivity index (χ0v) is 47.9. The van der Waals surface area contributed by atoms with Crippen LogP contribution in [0.2, 0.25) is 0 Å². The molecule has 6 heteroatoms. The Bertz CT molecular complexity index is 3250. The van der Waals surface area contributed by atoms with Gasteiger partial charge in [-0.25, -0.2) is 0 Å². The van der Waals surface area contributed by atoms with Crippen molar-refractivity contribution in [2.75, 3.05) is 34.5 Å². The lowest BCUT2D eigenvalue weighted by Gasteiger charge is -2.27. The first kappa shape index (κ1) is 55.3. The molecule has 6 nitrogen and oxygen atoms in total. The van der Waals surface area contributed by atoms with Crippen molar-refractivity contribution in [3.05, 3.63) is 253 Å². The maximum atomic E-state index is 6.23. The number of benzene rings is 10. The van der Waals surface area contributed by atoms with Crippen molar-refractivity contribution in [3.63, 3.8) is 0 Å². The smallest absolute Gasteiger partial charge is 0.121 e. The fraction of sp³-hybridized carbons (Fsp3) is 0.200. The third kappa shape index (κ3) is 13.9. The van der Waals surface area contributed by atoms with Crippen LogP contribution in [0, 0.1) is 20.8 Å². The first-order valence-electron chi connectivity index (χ1n) is 29.0. The van der Waals surface area contributed by atoms with Crippen LogP contribution in [0.1, 0.15) is 76.0 Å². The molecule has 10 aromatic rings. The summed E-state index contributed by atoms with van der Waals surface area (Å²) in [5.41, 5.74) is 19.9. The molecule has 0 N–H and O–H groups in total. The summed E-state index contributed by atoms with van der Waals surface area (Å²) in [7, 11) is 0. The Morgan fingerprint density at radius 1 is 0.247 bits per heavy atom. The molecule has 408 valence electrons. The Morgan fingerprint density at radius 2 is 0.494 bits per heavy atom. The highest BCUT2D eigenvalue weighted by Crippen LogP contribution is 2.43. The quantitative estimate of drug-likeness (QED) is 0.0562. The molecule has 0 aromatic heterocycles. The van der Waals surface area contributed by atoms with Crippen molar-refractivity contribution in [2.24, 2.45) is 0 Å². The van der Waals surface area contributed by atoms with Gasteiger partial charge in [0.1, 0.15) is 17.2 Å². The second-order valence-electron chi connectivity index (χ2n) is 21.1. The van der Waals surface area contributed by atoms with Gasteiger partial charge in [0.2, 0.25) is 0 Å². The van der Waals surface area contributed by atoms with E-state index in [0.29, 0.717) is 19.8 Å². The molecule has 0 aliphatic heterocycles. The van der Waals surface area contributed by atoms with Gasteiger partial charge < -0.3 is 28.9 Å². The summed E-state index contributed by atoms with van der Waals surface area (Å²) in [4.78, 5) is 6.96.